The van der Waals surface area contributed by atoms with Gasteiger partial charge in [0.05, 0.1) is 12.1 Å². The molecular formula is C15H21N3O. The van der Waals surface area contributed by atoms with Crippen LogP contribution in [-0.2, 0) is 4.79 Å². The zero-order valence-electron chi connectivity index (χ0n) is 11.2. The first-order valence-electron chi connectivity index (χ1n) is 7.22. The van der Waals surface area contributed by atoms with E-state index in [2.05, 4.69) is 12.6 Å². The average molecular weight is 259 g/mol. The van der Waals surface area contributed by atoms with Gasteiger partial charge >= 0.3 is 0 Å². The van der Waals surface area contributed by atoms with Gasteiger partial charge in [0, 0.05) is 12.0 Å². The minimum Gasteiger partial charge on any atom is -0.325 e. The van der Waals surface area contributed by atoms with Crippen LogP contribution in [0.15, 0.2) is 12.7 Å². The van der Waals surface area contributed by atoms with Gasteiger partial charge in [-0.2, -0.15) is 5.26 Å². The fourth-order valence-corrected chi connectivity index (χ4v) is 3.96. The number of carbonyl (C=O) groups excluding carboxylic acids is 1. The van der Waals surface area contributed by atoms with Crippen molar-refractivity contribution in [3.05, 3.63) is 12.7 Å². The summed E-state index contributed by atoms with van der Waals surface area (Å²) in [5.41, 5.74) is 6.01. The summed E-state index contributed by atoms with van der Waals surface area (Å²) in [6, 6.07) is 1.52. The van der Waals surface area contributed by atoms with Crippen LogP contribution in [0.25, 0.3) is 0 Å². The molecule has 3 aliphatic rings. The Hall–Kier alpha value is -1.34. The van der Waals surface area contributed by atoms with E-state index in [4.69, 9.17) is 5.73 Å². The predicted octanol–water partition coefficient (Wildman–Crippen LogP) is 1.43. The Morgan fingerprint density at radius 1 is 1.53 bits per heavy atom. The molecule has 2 saturated carbocycles. The van der Waals surface area contributed by atoms with Crippen LogP contribution in [0, 0.1) is 28.6 Å². The molecule has 0 spiro atoms. The van der Waals surface area contributed by atoms with Crippen molar-refractivity contribution in [3.8, 4) is 6.07 Å². The van der Waals surface area contributed by atoms with Gasteiger partial charge in [0.1, 0.15) is 6.04 Å². The van der Waals surface area contributed by atoms with E-state index in [0.717, 1.165) is 38.6 Å². The van der Waals surface area contributed by atoms with Gasteiger partial charge in [-0.05, 0) is 31.1 Å². The summed E-state index contributed by atoms with van der Waals surface area (Å²) < 4.78 is 0. The van der Waals surface area contributed by atoms with Gasteiger partial charge in [-0.15, -0.1) is 6.58 Å². The Morgan fingerprint density at radius 3 is 2.79 bits per heavy atom. The molecule has 0 bridgehead atoms. The lowest BCUT2D eigenvalue weighted by molar-refractivity contribution is -0.135. The summed E-state index contributed by atoms with van der Waals surface area (Å²) in [6.07, 6.45) is 7.09. The summed E-state index contributed by atoms with van der Waals surface area (Å²) in [6.45, 7) is 4.62. The second-order valence-electron chi connectivity index (χ2n) is 6.35. The number of piperidine rings is 1. The summed E-state index contributed by atoms with van der Waals surface area (Å²) >= 11 is 0. The maximum atomic E-state index is 12.6. The molecule has 4 atom stereocenters. The van der Waals surface area contributed by atoms with Crippen LogP contribution in [0.3, 0.4) is 0 Å². The third kappa shape index (κ3) is 1.80. The van der Waals surface area contributed by atoms with E-state index in [1.54, 1.807) is 4.90 Å². The number of carbonyl (C=O) groups is 1. The van der Waals surface area contributed by atoms with Crippen LogP contribution >= 0.6 is 0 Å². The quantitative estimate of drug-likeness (QED) is 0.779. The van der Waals surface area contributed by atoms with Crippen molar-refractivity contribution < 1.29 is 4.79 Å². The lowest BCUT2D eigenvalue weighted by Crippen LogP contribution is -2.53. The molecule has 1 heterocycles. The third-order valence-corrected chi connectivity index (χ3v) is 5.39. The highest BCUT2D eigenvalue weighted by molar-refractivity contribution is 5.84. The van der Waals surface area contributed by atoms with E-state index < -0.39 is 6.04 Å². The zero-order valence-corrected chi connectivity index (χ0v) is 11.2. The highest BCUT2D eigenvalue weighted by Gasteiger charge is 2.56. The molecule has 102 valence electrons. The van der Waals surface area contributed by atoms with Gasteiger partial charge in [-0.25, -0.2) is 0 Å². The highest BCUT2D eigenvalue weighted by atomic mass is 16.2. The van der Waals surface area contributed by atoms with E-state index in [0.29, 0.717) is 11.8 Å². The molecule has 1 aliphatic heterocycles. The Bertz CT molecular complexity index is 447. The normalized spacial score (nSPS) is 36.4. The number of nitriles is 1. The average Bonchev–Trinajstić information content (AvgIpc) is 2.92. The summed E-state index contributed by atoms with van der Waals surface area (Å²) in [4.78, 5) is 14.4. The maximum absolute atomic E-state index is 12.6. The van der Waals surface area contributed by atoms with E-state index in [1.165, 1.54) is 0 Å². The van der Waals surface area contributed by atoms with Crippen molar-refractivity contribution in [2.45, 2.75) is 44.2 Å². The zero-order chi connectivity index (χ0) is 13.6. The molecule has 0 aromatic heterocycles. The number of hydrogen-bond acceptors (Lipinski definition) is 3. The van der Waals surface area contributed by atoms with E-state index in [9.17, 15) is 10.1 Å². The Kier molecular flexibility index (Phi) is 2.90. The molecule has 2 aliphatic carbocycles. The van der Waals surface area contributed by atoms with Crippen LogP contribution in [0.1, 0.15) is 32.1 Å². The van der Waals surface area contributed by atoms with Crippen LogP contribution in [-0.4, -0.2) is 29.4 Å². The molecule has 0 aromatic rings. The van der Waals surface area contributed by atoms with Gasteiger partial charge in [0.25, 0.3) is 0 Å². The molecule has 1 saturated heterocycles. The number of likely N-dealkylation sites (tertiary alicyclic amines) is 1. The number of amides is 1. The van der Waals surface area contributed by atoms with E-state index in [-0.39, 0.29) is 17.4 Å². The van der Waals surface area contributed by atoms with Crippen molar-refractivity contribution in [2.24, 2.45) is 23.0 Å². The summed E-state index contributed by atoms with van der Waals surface area (Å²) in [7, 11) is 0. The number of nitrogens with two attached hydrogens (primary N) is 1. The first kappa shape index (κ1) is 12.7. The Labute approximate surface area is 114 Å². The van der Waals surface area contributed by atoms with Crippen LogP contribution in [0.4, 0.5) is 0 Å². The van der Waals surface area contributed by atoms with Gasteiger partial charge < -0.3 is 10.6 Å². The van der Waals surface area contributed by atoms with E-state index in [1.807, 2.05) is 6.08 Å². The maximum Gasteiger partial charge on any atom is 0.241 e. The van der Waals surface area contributed by atoms with Crippen LogP contribution in [0.2, 0.25) is 0 Å². The van der Waals surface area contributed by atoms with Crippen molar-refractivity contribution in [1.82, 2.24) is 4.90 Å². The largest absolute Gasteiger partial charge is 0.325 e. The molecule has 3 unspecified atom stereocenters. The molecule has 0 radical (unpaired) electrons. The molecule has 4 heteroatoms. The lowest BCUT2D eigenvalue weighted by atomic mass is 9.78. The van der Waals surface area contributed by atoms with Gasteiger partial charge in [-0.3, -0.25) is 4.79 Å². The number of fused-ring (bicyclic) bond motifs is 1. The topological polar surface area (TPSA) is 70.1 Å². The fraction of sp³-hybridized carbons (Fsp3) is 0.733. The summed E-state index contributed by atoms with van der Waals surface area (Å²) in [5, 5.41) is 9.25. The van der Waals surface area contributed by atoms with E-state index >= 15 is 0 Å². The minimum absolute atomic E-state index is 0.0412. The van der Waals surface area contributed by atoms with Crippen molar-refractivity contribution in [3.63, 3.8) is 0 Å². The van der Waals surface area contributed by atoms with Crippen LogP contribution in [0.5, 0.6) is 0 Å². The molecule has 19 heavy (non-hydrogen) atoms. The first-order valence-corrected chi connectivity index (χ1v) is 7.22. The Morgan fingerprint density at radius 2 is 2.21 bits per heavy atom. The molecule has 3 fully saturated rings. The molecular weight excluding hydrogens is 238 g/mol. The van der Waals surface area contributed by atoms with Crippen molar-refractivity contribution in [1.29, 1.82) is 5.26 Å². The van der Waals surface area contributed by atoms with Gasteiger partial charge in [-0.1, -0.05) is 18.9 Å². The molecule has 3 rings (SSSR count). The van der Waals surface area contributed by atoms with Crippen molar-refractivity contribution in [2.75, 3.05) is 6.54 Å². The number of hydrogen-bond donors (Lipinski definition) is 1. The molecule has 1 amide bonds. The highest BCUT2D eigenvalue weighted by Crippen LogP contribution is 2.50. The second kappa shape index (κ2) is 4.35. The number of rotatable bonds is 3. The number of nitrogens with zero attached hydrogens (tertiary/aromatic N) is 2. The molecule has 4 nitrogen and oxygen atoms in total. The fourth-order valence-electron chi connectivity index (χ4n) is 3.96. The SMILES string of the molecule is C=CC1(C(N)C(=O)N2CC3CC3[C@H]2C#N)CCCC1. The second-order valence-corrected chi connectivity index (χ2v) is 6.35. The third-order valence-electron chi connectivity index (χ3n) is 5.39. The van der Waals surface area contributed by atoms with Crippen LogP contribution < -0.4 is 5.73 Å². The smallest absolute Gasteiger partial charge is 0.241 e. The predicted molar refractivity (Wildman–Crippen MR) is 71.8 cm³/mol. The monoisotopic (exact) mass is 259 g/mol. The summed E-state index contributed by atoms with van der Waals surface area (Å²) in [5.74, 6) is 0.911. The van der Waals surface area contributed by atoms with Crippen molar-refractivity contribution >= 4 is 5.91 Å². The standard InChI is InChI=1S/C15H21N3O/c1-2-15(5-3-4-6-15)13(17)14(19)18-9-10-7-11(10)12(18)8-16/h2,10-13H,1,3-7,9,17H2/t10?,11?,12-,13?/m1/s1. The lowest BCUT2D eigenvalue weighted by Gasteiger charge is -2.35. The molecule has 0 aromatic carbocycles. The van der Waals surface area contributed by atoms with Gasteiger partial charge in [0.2, 0.25) is 5.91 Å². The minimum atomic E-state index is -0.527. The first-order chi connectivity index (χ1) is 9.13. The Balaban J connectivity index is 1.77. The van der Waals surface area contributed by atoms with Gasteiger partial charge in [0.15, 0.2) is 0 Å². The molecule has 2 N–H and O–H groups in total.